The lowest BCUT2D eigenvalue weighted by atomic mass is 10.2. The largest absolute Gasteiger partial charge is 0.394 e. The summed E-state index contributed by atoms with van der Waals surface area (Å²) in [7, 11) is 0. The van der Waals surface area contributed by atoms with Gasteiger partial charge >= 0.3 is 0 Å². The monoisotopic (exact) mass is 180 g/mol. The maximum Gasteiger partial charge on any atom is 0.267 e. The summed E-state index contributed by atoms with van der Waals surface area (Å²) in [5.74, 6) is 5.10. The molecule has 0 unspecified atom stereocenters. The van der Waals surface area contributed by atoms with E-state index in [4.69, 9.17) is 10.9 Å². The smallest absolute Gasteiger partial charge is 0.267 e. The van der Waals surface area contributed by atoms with Crippen LogP contribution in [0.3, 0.4) is 0 Å². The number of aliphatic hydroxyl groups is 1. The third-order valence-electron chi connectivity index (χ3n) is 1.62. The van der Waals surface area contributed by atoms with Gasteiger partial charge in [0.05, 0.1) is 13.2 Å². The van der Waals surface area contributed by atoms with E-state index in [1.165, 1.54) is 0 Å². The molecule has 1 amide bonds. The van der Waals surface area contributed by atoms with Gasteiger partial charge in [-0.05, 0) is 12.1 Å². The molecule has 3 N–H and O–H groups in total. The Labute approximate surface area is 76.6 Å². The Morgan fingerprint density at radius 3 is 2.54 bits per heavy atom. The predicted molar refractivity (Wildman–Crippen MR) is 48.8 cm³/mol. The highest BCUT2D eigenvalue weighted by Crippen LogP contribution is 2.00. The number of hydrogen-bond donors (Lipinski definition) is 2. The Hall–Kier alpha value is -1.39. The highest BCUT2D eigenvalue weighted by Gasteiger charge is 2.09. The second kappa shape index (κ2) is 4.59. The van der Waals surface area contributed by atoms with Crippen LogP contribution in [0.1, 0.15) is 10.4 Å². The van der Waals surface area contributed by atoms with Gasteiger partial charge < -0.3 is 5.11 Å². The van der Waals surface area contributed by atoms with Gasteiger partial charge in [0.1, 0.15) is 0 Å². The van der Waals surface area contributed by atoms with E-state index in [-0.39, 0.29) is 19.1 Å². The first-order chi connectivity index (χ1) is 6.25. The number of nitrogens with zero attached hydrogens (tertiary/aromatic N) is 1. The summed E-state index contributed by atoms with van der Waals surface area (Å²) in [6, 6.07) is 8.71. The maximum absolute atomic E-state index is 11.4. The van der Waals surface area contributed by atoms with Crippen molar-refractivity contribution in [1.29, 1.82) is 0 Å². The molecule has 0 aliphatic rings. The van der Waals surface area contributed by atoms with Crippen molar-refractivity contribution in [3.8, 4) is 0 Å². The van der Waals surface area contributed by atoms with Crippen molar-refractivity contribution in [1.82, 2.24) is 5.01 Å². The van der Waals surface area contributed by atoms with E-state index in [0.717, 1.165) is 5.01 Å². The molecule has 4 heteroatoms. The van der Waals surface area contributed by atoms with Gasteiger partial charge in [-0.2, -0.15) is 0 Å². The van der Waals surface area contributed by atoms with Crippen LogP contribution in [0.4, 0.5) is 0 Å². The van der Waals surface area contributed by atoms with Crippen LogP contribution in [-0.4, -0.2) is 29.2 Å². The molecule has 0 fully saturated rings. The number of aliphatic hydroxyl groups excluding tert-OH is 1. The summed E-state index contributed by atoms with van der Waals surface area (Å²) in [5.41, 5.74) is 0.526. The van der Waals surface area contributed by atoms with E-state index in [1.807, 2.05) is 6.07 Å². The van der Waals surface area contributed by atoms with Crippen molar-refractivity contribution in [2.75, 3.05) is 13.2 Å². The van der Waals surface area contributed by atoms with Crippen molar-refractivity contribution in [3.63, 3.8) is 0 Å². The first kappa shape index (κ1) is 9.70. The summed E-state index contributed by atoms with van der Waals surface area (Å²) in [4.78, 5) is 11.4. The molecule has 0 atom stereocenters. The number of carbonyl (C=O) groups excluding carboxylic acids is 1. The minimum atomic E-state index is -0.283. The van der Waals surface area contributed by atoms with E-state index in [9.17, 15) is 4.79 Å². The standard InChI is InChI=1S/C9H12N2O2/c10-11(6-7-12)9(13)8-4-2-1-3-5-8/h1-5,12H,6-7,10H2. The Bertz CT molecular complexity index is 274. The lowest BCUT2D eigenvalue weighted by Gasteiger charge is -2.14. The van der Waals surface area contributed by atoms with Crippen LogP contribution in [0, 0.1) is 0 Å². The van der Waals surface area contributed by atoms with E-state index in [2.05, 4.69) is 0 Å². The molecular weight excluding hydrogens is 168 g/mol. The zero-order chi connectivity index (χ0) is 9.68. The van der Waals surface area contributed by atoms with Crippen molar-refractivity contribution in [2.24, 2.45) is 5.84 Å². The Balaban J connectivity index is 2.68. The van der Waals surface area contributed by atoms with Gasteiger partial charge in [-0.1, -0.05) is 18.2 Å². The zero-order valence-electron chi connectivity index (χ0n) is 7.18. The molecule has 0 saturated carbocycles. The molecule has 0 saturated heterocycles. The van der Waals surface area contributed by atoms with E-state index in [1.54, 1.807) is 24.3 Å². The van der Waals surface area contributed by atoms with E-state index < -0.39 is 0 Å². The molecule has 4 nitrogen and oxygen atoms in total. The van der Waals surface area contributed by atoms with Gasteiger partial charge in [-0.15, -0.1) is 0 Å². The fourth-order valence-corrected chi connectivity index (χ4v) is 0.956. The number of nitrogens with two attached hydrogens (primary N) is 1. The van der Waals surface area contributed by atoms with Crippen molar-refractivity contribution in [3.05, 3.63) is 35.9 Å². The van der Waals surface area contributed by atoms with E-state index >= 15 is 0 Å². The van der Waals surface area contributed by atoms with Gasteiger partial charge in [-0.3, -0.25) is 9.80 Å². The molecule has 0 radical (unpaired) electrons. The summed E-state index contributed by atoms with van der Waals surface area (Å²) in [6.07, 6.45) is 0. The molecule has 1 aromatic rings. The first-order valence-electron chi connectivity index (χ1n) is 3.98. The summed E-state index contributed by atoms with van der Waals surface area (Å²) >= 11 is 0. The fourth-order valence-electron chi connectivity index (χ4n) is 0.956. The number of carbonyl (C=O) groups is 1. The van der Waals surface area contributed by atoms with Gasteiger partial charge in [0.2, 0.25) is 0 Å². The predicted octanol–water partition coefficient (Wildman–Crippen LogP) is -0.00520. The molecule has 0 heterocycles. The van der Waals surface area contributed by atoms with Crippen LogP contribution in [0.15, 0.2) is 30.3 Å². The molecule has 13 heavy (non-hydrogen) atoms. The van der Waals surface area contributed by atoms with Gasteiger partial charge in [0.25, 0.3) is 5.91 Å². The normalized spacial score (nSPS) is 9.69. The average molecular weight is 180 g/mol. The van der Waals surface area contributed by atoms with Crippen LogP contribution >= 0.6 is 0 Å². The SMILES string of the molecule is NN(CCO)C(=O)c1ccccc1. The lowest BCUT2D eigenvalue weighted by molar-refractivity contribution is 0.0722. The van der Waals surface area contributed by atoms with Gasteiger partial charge in [0.15, 0.2) is 0 Å². The topological polar surface area (TPSA) is 66.6 Å². The molecule has 0 aromatic heterocycles. The average Bonchev–Trinajstić information content (AvgIpc) is 2.18. The highest BCUT2D eigenvalue weighted by molar-refractivity contribution is 5.93. The molecule has 0 aliphatic heterocycles. The maximum atomic E-state index is 11.4. The summed E-state index contributed by atoms with van der Waals surface area (Å²) < 4.78 is 0. The molecular formula is C9H12N2O2. The second-order valence-corrected chi connectivity index (χ2v) is 2.59. The van der Waals surface area contributed by atoms with Crippen molar-refractivity contribution >= 4 is 5.91 Å². The van der Waals surface area contributed by atoms with Crippen LogP contribution in [0.25, 0.3) is 0 Å². The number of benzene rings is 1. The molecule has 70 valence electrons. The molecule has 1 rings (SSSR count). The van der Waals surface area contributed by atoms with Crippen molar-refractivity contribution < 1.29 is 9.90 Å². The quantitative estimate of drug-likeness (QED) is 0.391. The van der Waals surface area contributed by atoms with Crippen molar-refractivity contribution in [2.45, 2.75) is 0 Å². The lowest BCUT2D eigenvalue weighted by Crippen LogP contribution is -2.39. The summed E-state index contributed by atoms with van der Waals surface area (Å²) in [6.45, 7) is 0.0167. The Kier molecular flexibility index (Phi) is 3.42. The number of amides is 1. The second-order valence-electron chi connectivity index (χ2n) is 2.59. The van der Waals surface area contributed by atoms with Crippen LogP contribution in [0.5, 0.6) is 0 Å². The zero-order valence-corrected chi connectivity index (χ0v) is 7.18. The fraction of sp³-hybridized carbons (Fsp3) is 0.222. The van der Waals surface area contributed by atoms with Gasteiger partial charge in [0, 0.05) is 5.56 Å². The first-order valence-corrected chi connectivity index (χ1v) is 3.98. The molecule has 0 spiro atoms. The third-order valence-corrected chi connectivity index (χ3v) is 1.62. The molecule has 0 bridgehead atoms. The summed E-state index contributed by atoms with van der Waals surface area (Å²) in [5, 5.41) is 9.55. The van der Waals surface area contributed by atoms with Crippen LogP contribution in [0.2, 0.25) is 0 Å². The number of hydrazine groups is 1. The minimum Gasteiger partial charge on any atom is -0.394 e. The van der Waals surface area contributed by atoms with Crippen LogP contribution < -0.4 is 5.84 Å². The highest BCUT2D eigenvalue weighted by atomic mass is 16.3. The Morgan fingerprint density at radius 2 is 2.00 bits per heavy atom. The van der Waals surface area contributed by atoms with Gasteiger partial charge in [-0.25, -0.2) is 5.84 Å². The molecule has 1 aromatic carbocycles. The number of hydrogen-bond acceptors (Lipinski definition) is 3. The minimum absolute atomic E-state index is 0.130. The number of rotatable bonds is 3. The van der Waals surface area contributed by atoms with E-state index in [0.29, 0.717) is 5.56 Å². The Morgan fingerprint density at radius 1 is 1.38 bits per heavy atom. The molecule has 0 aliphatic carbocycles. The van der Waals surface area contributed by atoms with Crippen LogP contribution in [-0.2, 0) is 0 Å². The third kappa shape index (κ3) is 2.54.